The van der Waals surface area contributed by atoms with Gasteiger partial charge in [0.15, 0.2) is 0 Å². The first-order valence-electron chi connectivity index (χ1n) is 6.79. The highest BCUT2D eigenvalue weighted by molar-refractivity contribution is 5.68. The van der Waals surface area contributed by atoms with Crippen molar-refractivity contribution in [1.29, 1.82) is 5.26 Å². The number of ether oxygens (including phenoxy) is 2. The lowest BCUT2D eigenvalue weighted by atomic mass is 9.85. The summed E-state index contributed by atoms with van der Waals surface area (Å²) in [7, 11) is 0. The monoisotopic (exact) mass is 257 g/mol. The zero-order chi connectivity index (χ0) is 13.0. The third kappa shape index (κ3) is 1.31. The Morgan fingerprint density at radius 2 is 1.79 bits per heavy atom. The smallest absolute Gasteiger partial charge is 0.141 e. The van der Waals surface area contributed by atoms with E-state index in [0.717, 1.165) is 53.9 Å². The van der Waals surface area contributed by atoms with Crippen molar-refractivity contribution in [3.8, 4) is 17.6 Å². The average Bonchev–Trinajstić information content (AvgIpc) is 2.86. The minimum atomic E-state index is -0.139. The van der Waals surface area contributed by atoms with Gasteiger partial charge in [-0.2, -0.15) is 5.26 Å². The van der Waals surface area contributed by atoms with Crippen LogP contribution in [0.4, 0.5) is 0 Å². The lowest BCUT2D eigenvalue weighted by molar-refractivity contribution is 0.250. The van der Waals surface area contributed by atoms with Crippen LogP contribution in [-0.2, 0) is 18.3 Å². The molecular formula is C15H15NO3. The largest absolute Gasteiger partial charge is 0.493 e. The number of rotatable bonds is 2. The van der Waals surface area contributed by atoms with Crippen molar-refractivity contribution in [2.75, 3.05) is 19.8 Å². The van der Waals surface area contributed by atoms with Crippen LogP contribution in [-0.4, -0.2) is 24.9 Å². The van der Waals surface area contributed by atoms with E-state index >= 15 is 0 Å². The number of nitriles is 1. The molecule has 2 heterocycles. The second kappa shape index (κ2) is 3.64. The van der Waals surface area contributed by atoms with Crippen LogP contribution >= 0.6 is 0 Å². The van der Waals surface area contributed by atoms with Crippen LogP contribution < -0.4 is 9.47 Å². The van der Waals surface area contributed by atoms with E-state index in [1.807, 2.05) is 0 Å². The van der Waals surface area contributed by atoms with Gasteiger partial charge in [0.1, 0.15) is 23.1 Å². The van der Waals surface area contributed by atoms with Gasteiger partial charge in [-0.05, 0) is 12.8 Å². The molecule has 0 atom stereocenters. The number of fused-ring (bicyclic) bond motifs is 2. The van der Waals surface area contributed by atoms with Crippen molar-refractivity contribution >= 4 is 0 Å². The molecule has 0 spiro atoms. The summed E-state index contributed by atoms with van der Waals surface area (Å²) in [5.41, 5.74) is 3.73. The molecule has 1 saturated carbocycles. The Bertz CT molecular complexity index is 576. The number of aliphatic hydroxyl groups is 1. The Kier molecular flexibility index (Phi) is 2.13. The SMILES string of the molecule is N#Cc1c2c(c(C3(CO)CC3)c3c1OCC3)OCC2. The number of hydrogen-bond donors (Lipinski definition) is 1. The van der Waals surface area contributed by atoms with Crippen LogP contribution in [0, 0.1) is 11.3 Å². The molecule has 1 fully saturated rings. The Hall–Kier alpha value is -1.73. The van der Waals surface area contributed by atoms with Gasteiger partial charge >= 0.3 is 0 Å². The van der Waals surface area contributed by atoms with Crippen molar-refractivity contribution < 1.29 is 14.6 Å². The molecule has 98 valence electrons. The van der Waals surface area contributed by atoms with Crippen LogP contribution in [0.15, 0.2) is 0 Å². The maximum Gasteiger partial charge on any atom is 0.141 e. The first-order valence-corrected chi connectivity index (χ1v) is 6.79. The molecule has 1 N–H and O–H groups in total. The van der Waals surface area contributed by atoms with Gasteiger partial charge in [-0.25, -0.2) is 0 Å². The van der Waals surface area contributed by atoms with Gasteiger partial charge in [0, 0.05) is 34.9 Å². The normalized spacial score (nSPS) is 21.1. The first kappa shape index (κ1) is 11.1. The lowest BCUT2D eigenvalue weighted by Crippen LogP contribution is -2.16. The quantitative estimate of drug-likeness (QED) is 0.871. The summed E-state index contributed by atoms with van der Waals surface area (Å²) in [5, 5.41) is 19.1. The minimum Gasteiger partial charge on any atom is -0.493 e. The molecule has 3 aliphatic rings. The zero-order valence-electron chi connectivity index (χ0n) is 10.7. The van der Waals surface area contributed by atoms with Gasteiger partial charge in [-0.1, -0.05) is 0 Å². The zero-order valence-corrected chi connectivity index (χ0v) is 10.7. The highest BCUT2D eigenvalue weighted by Gasteiger charge is 2.50. The lowest BCUT2D eigenvalue weighted by Gasteiger charge is -2.20. The van der Waals surface area contributed by atoms with Crippen molar-refractivity contribution in [1.82, 2.24) is 0 Å². The summed E-state index contributed by atoms with van der Waals surface area (Å²) in [6.45, 7) is 1.41. The van der Waals surface area contributed by atoms with Gasteiger partial charge in [0.25, 0.3) is 0 Å². The molecule has 1 aromatic carbocycles. The highest BCUT2D eigenvalue weighted by Crippen LogP contribution is 2.57. The number of nitrogens with zero attached hydrogens (tertiary/aromatic N) is 1. The molecule has 0 amide bonds. The van der Waals surface area contributed by atoms with E-state index in [-0.39, 0.29) is 12.0 Å². The number of benzene rings is 1. The molecule has 0 aromatic heterocycles. The molecule has 0 radical (unpaired) electrons. The third-order valence-corrected chi connectivity index (χ3v) is 4.60. The number of aliphatic hydroxyl groups excluding tert-OH is 1. The highest BCUT2D eigenvalue weighted by atomic mass is 16.5. The van der Waals surface area contributed by atoms with E-state index in [4.69, 9.17) is 9.47 Å². The molecule has 0 bridgehead atoms. The van der Waals surface area contributed by atoms with Crippen molar-refractivity contribution in [2.24, 2.45) is 0 Å². The van der Waals surface area contributed by atoms with Crippen LogP contribution in [0.3, 0.4) is 0 Å². The summed E-state index contributed by atoms with van der Waals surface area (Å²) in [6, 6.07) is 2.28. The van der Waals surface area contributed by atoms with Crippen molar-refractivity contribution in [3.63, 3.8) is 0 Å². The summed E-state index contributed by atoms with van der Waals surface area (Å²) < 4.78 is 11.5. The van der Waals surface area contributed by atoms with E-state index in [1.54, 1.807) is 0 Å². The molecule has 4 rings (SSSR count). The Labute approximate surface area is 111 Å². The Morgan fingerprint density at radius 1 is 1.11 bits per heavy atom. The van der Waals surface area contributed by atoms with E-state index in [1.165, 1.54) is 0 Å². The maximum absolute atomic E-state index is 9.74. The maximum atomic E-state index is 9.74. The van der Waals surface area contributed by atoms with Gasteiger partial charge in [-0.15, -0.1) is 0 Å². The van der Waals surface area contributed by atoms with Crippen LogP contribution in [0.25, 0.3) is 0 Å². The van der Waals surface area contributed by atoms with Crippen LogP contribution in [0.2, 0.25) is 0 Å². The summed E-state index contributed by atoms with van der Waals surface area (Å²) >= 11 is 0. The Morgan fingerprint density at radius 3 is 2.42 bits per heavy atom. The summed E-state index contributed by atoms with van der Waals surface area (Å²) in [6.07, 6.45) is 3.58. The van der Waals surface area contributed by atoms with Gasteiger partial charge in [0.2, 0.25) is 0 Å². The van der Waals surface area contributed by atoms with E-state index in [2.05, 4.69) is 6.07 Å². The second-order valence-corrected chi connectivity index (χ2v) is 5.61. The number of hydrogen-bond acceptors (Lipinski definition) is 4. The van der Waals surface area contributed by atoms with Gasteiger partial charge in [-0.3, -0.25) is 0 Å². The fourth-order valence-electron chi connectivity index (χ4n) is 3.43. The third-order valence-electron chi connectivity index (χ3n) is 4.60. The van der Waals surface area contributed by atoms with Gasteiger partial charge in [0.05, 0.1) is 19.8 Å². The molecule has 0 unspecified atom stereocenters. The molecule has 0 saturated heterocycles. The van der Waals surface area contributed by atoms with Crippen molar-refractivity contribution in [2.45, 2.75) is 31.1 Å². The molecule has 1 aliphatic carbocycles. The molecular weight excluding hydrogens is 242 g/mol. The molecule has 4 nitrogen and oxygen atoms in total. The average molecular weight is 257 g/mol. The topological polar surface area (TPSA) is 62.5 Å². The molecule has 4 heteroatoms. The van der Waals surface area contributed by atoms with Crippen molar-refractivity contribution in [3.05, 3.63) is 22.3 Å². The first-order chi connectivity index (χ1) is 9.30. The molecule has 19 heavy (non-hydrogen) atoms. The molecule has 1 aromatic rings. The van der Waals surface area contributed by atoms with E-state index < -0.39 is 0 Å². The van der Waals surface area contributed by atoms with Crippen LogP contribution in [0.1, 0.15) is 35.1 Å². The van der Waals surface area contributed by atoms with Gasteiger partial charge < -0.3 is 14.6 Å². The minimum absolute atomic E-state index is 0.139. The Balaban J connectivity index is 2.04. The second-order valence-electron chi connectivity index (χ2n) is 5.61. The summed E-state index contributed by atoms with van der Waals surface area (Å²) in [5.74, 6) is 1.62. The van der Waals surface area contributed by atoms with E-state index in [9.17, 15) is 10.4 Å². The predicted molar refractivity (Wildman–Crippen MR) is 67.6 cm³/mol. The fraction of sp³-hybridized carbons (Fsp3) is 0.533. The molecule has 2 aliphatic heterocycles. The fourth-order valence-corrected chi connectivity index (χ4v) is 3.43. The van der Waals surface area contributed by atoms with E-state index in [0.29, 0.717) is 18.8 Å². The van der Waals surface area contributed by atoms with Crippen LogP contribution in [0.5, 0.6) is 11.5 Å². The standard InChI is InChI=1S/C15H15NO3/c16-7-11-9-1-5-19-14(9)12(15(8-17)3-4-15)10-2-6-18-13(10)11/h17H,1-6,8H2. The summed E-state index contributed by atoms with van der Waals surface area (Å²) in [4.78, 5) is 0. The predicted octanol–water partition coefficient (Wildman–Crippen LogP) is 1.45.